The maximum atomic E-state index is 11.4. The Hall–Kier alpha value is -4.07. The number of hydrogen-bond acceptors (Lipinski definition) is 13. The summed E-state index contributed by atoms with van der Waals surface area (Å²) in [6.45, 7) is 9.15. The average Bonchev–Trinajstić information content (AvgIpc) is 3.74. The number of anilines is 1. The lowest BCUT2D eigenvalue weighted by atomic mass is 10.1. The van der Waals surface area contributed by atoms with Crippen LogP contribution in [-0.2, 0) is 38.4 Å². The zero-order valence-corrected chi connectivity index (χ0v) is 30.2. The zero-order chi connectivity index (χ0) is 34.4. The highest BCUT2D eigenvalue weighted by Crippen LogP contribution is 2.36. The van der Waals surface area contributed by atoms with Crippen molar-refractivity contribution in [3.05, 3.63) is 61.4 Å². The molecule has 4 aromatic heterocycles. The van der Waals surface area contributed by atoms with Crippen molar-refractivity contribution < 1.29 is 28.5 Å². The van der Waals surface area contributed by atoms with E-state index in [9.17, 15) is 9.59 Å². The van der Waals surface area contributed by atoms with Gasteiger partial charge in [-0.3, -0.25) is 9.59 Å². The molecule has 1 aliphatic heterocycles. The molecule has 254 valence electrons. The quantitative estimate of drug-likeness (QED) is 0.107. The molecule has 5 aromatic rings. The van der Waals surface area contributed by atoms with E-state index >= 15 is 0 Å². The fourth-order valence-corrected chi connectivity index (χ4v) is 7.59. The topological polar surface area (TPSA) is 135 Å². The van der Waals surface area contributed by atoms with Crippen LogP contribution in [0.4, 0.5) is 5.82 Å². The SMILES string of the molecule is COC(=O)CCCc1nc(Cl)c2c(C)c(C)sc2n1.COC(=O)CCCc1nc(NCc2ccc3c(c2)OCO3)c2c(C)c(C)sc2n1. The van der Waals surface area contributed by atoms with Crippen LogP contribution in [0.3, 0.4) is 0 Å². The number of nitrogens with zero attached hydrogens (tertiary/aromatic N) is 4. The molecule has 0 spiro atoms. The second-order valence-electron chi connectivity index (χ2n) is 11.2. The standard InChI is InChI=1S/C21H23N3O4S.C13H15ClN2O2S/c1-12-13(2)29-21-19(12)20(23-17(24-21)5-4-6-18(25)26-3)22-10-14-7-8-15-16(9-14)28-11-27-15;1-7-8(2)19-13-11(7)12(14)15-9(16-13)5-4-6-10(17)18-3/h7-9H,4-6,10-11H2,1-3H3,(H,22,23,24);4-6H2,1-3H3. The monoisotopic (exact) mass is 711 g/mol. The van der Waals surface area contributed by atoms with Gasteiger partial charge in [-0.2, -0.15) is 0 Å². The molecule has 0 amide bonds. The Morgan fingerprint density at radius 3 is 2.00 bits per heavy atom. The van der Waals surface area contributed by atoms with Crippen molar-refractivity contribution in [3.8, 4) is 11.5 Å². The third-order valence-corrected chi connectivity index (χ3v) is 10.5. The second-order valence-corrected chi connectivity index (χ2v) is 14.0. The summed E-state index contributed by atoms with van der Waals surface area (Å²) in [4.78, 5) is 45.0. The van der Waals surface area contributed by atoms with Crippen molar-refractivity contribution in [1.29, 1.82) is 0 Å². The number of esters is 2. The number of methoxy groups -OCH3 is 2. The Bertz CT molecular complexity index is 1960. The van der Waals surface area contributed by atoms with Crippen molar-refractivity contribution >= 4 is 72.5 Å². The van der Waals surface area contributed by atoms with E-state index in [1.807, 2.05) is 25.1 Å². The molecule has 48 heavy (non-hydrogen) atoms. The molecule has 0 fully saturated rings. The molecule has 5 heterocycles. The Kier molecular flexibility index (Phi) is 11.7. The number of thiophene rings is 2. The van der Waals surface area contributed by atoms with Crippen LogP contribution >= 0.6 is 34.3 Å². The van der Waals surface area contributed by atoms with Gasteiger partial charge in [-0.25, -0.2) is 19.9 Å². The van der Waals surface area contributed by atoms with Crippen molar-refractivity contribution in [3.63, 3.8) is 0 Å². The van der Waals surface area contributed by atoms with Crippen LogP contribution in [0.2, 0.25) is 5.15 Å². The minimum absolute atomic E-state index is 0.213. The lowest BCUT2D eigenvalue weighted by molar-refractivity contribution is -0.141. The molecular weight excluding hydrogens is 674 g/mol. The number of nitrogens with one attached hydrogen (secondary N) is 1. The molecular formula is C34H38ClN5O6S2. The number of aryl methyl sites for hydroxylation is 6. The van der Waals surface area contributed by atoms with E-state index in [0.717, 1.165) is 54.7 Å². The fourth-order valence-electron chi connectivity index (χ4n) is 5.11. The minimum Gasteiger partial charge on any atom is -0.469 e. The number of rotatable bonds is 11. The van der Waals surface area contributed by atoms with Crippen LogP contribution < -0.4 is 14.8 Å². The summed E-state index contributed by atoms with van der Waals surface area (Å²) in [7, 11) is 2.79. The number of benzene rings is 1. The van der Waals surface area contributed by atoms with Gasteiger partial charge in [-0.15, -0.1) is 22.7 Å². The molecule has 1 aliphatic rings. The number of carbonyl (C=O) groups excluding carboxylic acids is 2. The van der Waals surface area contributed by atoms with Gasteiger partial charge in [-0.1, -0.05) is 17.7 Å². The third-order valence-electron chi connectivity index (χ3n) is 8.02. The Morgan fingerprint density at radius 2 is 1.38 bits per heavy atom. The molecule has 0 radical (unpaired) electrons. The van der Waals surface area contributed by atoms with Gasteiger partial charge < -0.3 is 24.3 Å². The smallest absolute Gasteiger partial charge is 0.305 e. The Labute approximate surface area is 292 Å². The molecule has 0 saturated heterocycles. The van der Waals surface area contributed by atoms with Crippen molar-refractivity contribution in [2.75, 3.05) is 26.3 Å². The van der Waals surface area contributed by atoms with E-state index in [4.69, 9.17) is 35.8 Å². The minimum atomic E-state index is -0.213. The highest BCUT2D eigenvalue weighted by atomic mass is 35.5. The van der Waals surface area contributed by atoms with Gasteiger partial charge in [-0.05, 0) is 69.4 Å². The molecule has 11 nitrogen and oxygen atoms in total. The van der Waals surface area contributed by atoms with Crippen LogP contribution in [0, 0.1) is 27.7 Å². The van der Waals surface area contributed by atoms with Gasteiger partial charge in [0.25, 0.3) is 0 Å². The second kappa shape index (κ2) is 15.9. The number of carbonyl (C=O) groups is 2. The van der Waals surface area contributed by atoms with Crippen molar-refractivity contribution in [2.24, 2.45) is 0 Å². The number of aromatic nitrogens is 4. The summed E-state index contributed by atoms with van der Waals surface area (Å²) in [5.74, 6) is 3.35. The first-order valence-electron chi connectivity index (χ1n) is 15.5. The van der Waals surface area contributed by atoms with Crippen LogP contribution in [0.15, 0.2) is 18.2 Å². The van der Waals surface area contributed by atoms with Gasteiger partial charge in [0.05, 0.1) is 25.0 Å². The van der Waals surface area contributed by atoms with E-state index in [-0.39, 0.29) is 18.7 Å². The fraction of sp³-hybridized carbons (Fsp3) is 0.412. The zero-order valence-electron chi connectivity index (χ0n) is 27.8. The van der Waals surface area contributed by atoms with E-state index in [0.29, 0.717) is 56.0 Å². The largest absolute Gasteiger partial charge is 0.469 e. The van der Waals surface area contributed by atoms with E-state index in [1.54, 1.807) is 22.7 Å². The van der Waals surface area contributed by atoms with E-state index in [2.05, 4.69) is 40.8 Å². The first-order valence-corrected chi connectivity index (χ1v) is 17.5. The predicted molar refractivity (Wildman–Crippen MR) is 189 cm³/mol. The molecule has 6 rings (SSSR count). The number of halogens is 1. The summed E-state index contributed by atoms with van der Waals surface area (Å²) in [5, 5.41) is 5.97. The first kappa shape index (κ1) is 35.2. The highest BCUT2D eigenvalue weighted by Gasteiger charge is 2.17. The third kappa shape index (κ3) is 8.31. The van der Waals surface area contributed by atoms with Gasteiger partial charge in [0, 0.05) is 42.0 Å². The van der Waals surface area contributed by atoms with Crippen LogP contribution in [0.1, 0.15) is 63.8 Å². The van der Waals surface area contributed by atoms with Gasteiger partial charge in [0.15, 0.2) is 11.5 Å². The predicted octanol–water partition coefficient (Wildman–Crippen LogP) is 7.60. The maximum Gasteiger partial charge on any atom is 0.305 e. The summed E-state index contributed by atoms with van der Waals surface area (Å²) in [6.07, 6.45) is 3.31. The van der Waals surface area contributed by atoms with Gasteiger partial charge in [0.2, 0.25) is 6.79 Å². The Balaban J connectivity index is 0.000000206. The lowest BCUT2D eigenvalue weighted by Crippen LogP contribution is -2.07. The molecule has 0 unspecified atom stereocenters. The summed E-state index contributed by atoms with van der Waals surface area (Å²) < 4.78 is 20.1. The van der Waals surface area contributed by atoms with Gasteiger partial charge >= 0.3 is 11.9 Å². The van der Waals surface area contributed by atoms with Crippen LogP contribution in [0.25, 0.3) is 20.4 Å². The van der Waals surface area contributed by atoms with E-state index < -0.39 is 0 Å². The molecule has 14 heteroatoms. The number of hydrogen-bond donors (Lipinski definition) is 1. The molecule has 0 atom stereocenters. The summed E-state index contributed by atoms with van der Waals surface area (Å²) in [5.41, 5.74) is 3.42. The summed E-state index contributed by atoms with van der Waals surface area (Å²) in [6, 6.07) is 5.92. The average molecular weight is 712 g/mol. The number of fused-ring (bicyclic) bond motifs is 3. The first-order chi connectivity index (χ1) is 23.1. The van der Waals surface area contributed by atoms with Crippen LogP contribution in [0.5, 0.6) is 11.5 Å². The molecule has 1 N–H and O–H groups in total. The number of ether oxygens (including phenoxy) is 4. The van der Waals surface area contributed by atoms with E-state index in [1.165, 1.54) is 29.5 Å². The lowest BCUT2D eigenvalue weighted by Gasteiger charge is -2.10. The summed E-state index contributed by atoms with van der Waals surface area (Å²) >= 11 is 9.51. The Morgan fingerprint density at radius 1 is 0.812 bits per heavy atom. The van der Waals surface area contributed by atoms with Gasteiger partial charge in [0.1, 0.15) is 32.3 Å². The molecule has 0 aliphatic carbocycles. The molecule has 0 bridgehead atoms. The maximum absolute atomic E-state index is 11.4. The van der Waals surface area contributed by atoms with Crippen LogP contribution in [-0.4, -0.2) is 52.9 Å². The van der Waals surface area contributed by atoms with Crippen molar-refractivity contribution in [2.45, 2.75) is 72.8 Å². The highest BCUT2D eigenvalue weighted by molar-refractivity contribution is 7.19. The molecule has 1 aromatic carbocycles. The molecule has 0 saturated carbocycles. The van der Waals surface area contributed by atoms with Crippen molar-refractivity contribution in [1.82, 2.24) is 19.9 Å². The normalized spacial score (nSPS) is 11.8.